The summed E-state index contributed by atoms with van der Waals surface area (Å²) in [5.74, 6) is 1.71. The molecule has 2 aromatic rings. The van der Waals surface area contributed by atoms with Gasteiger partial charge in [-0.25, -0.2) is 4.98 Å². The minimum atomic E-state index is 0.208. The van der Waals surface area contributed by atoms with Crippen LogP contribution in [0.25, 0.3) is 0 Å². The number of amidine groups is 1. The predicted octanol–water partition coefficient (Wildman–Crippen LogP) is 1.43. The average molecular weight is 243 g/mol. The molecule has 0 aromatic carbocycles. The Bertz CT molecular complexity index is 566. The highest BCUT2D eigenvalue weighted by molar-refractivity contribution is 5.95. The molecule has 0 bridgehead atoms. The number of rotatable bonds is 3. The van der Waals surface area contributed by atoms with E-state index in [0.29, 0.717) is 11.5 Å². The van der Waals surface area contributed by atoms with E-state index in [2.05, 4.69) is 20.2 Å². The molecule has 18 heavy (non-hydrogen) atoms. The molecular weight excluding hydrogens is 230 g/mol. The summed E-state index contributed by atoms with van der Waals surface area (Å²) >= 11 is 0. The first-order valence-electron chi connectivity index (χ1n) is 5.36. The highest BCUT2D eigenvalue weighted by Crippen LogP contribution is 2.10. The van der Waals surface area contributed by atoms with Crippen LogP contribution in [0.5, 0.6) is 0 Å². The standard InChI is InChI=1S/C12H13N5O/c1-8-5-10(18-9(8)2)6-16-17-12(13)11-7-14-3-4-15-11/h3-7H,1-2H3,(H2,13,17)/b16-6+. The average Bonchev–Trinajstić information content (AvgIpc) is 2.69. The largest absolute Gasteiger partial charge is 0.460 e. The molecule has 0 saturated heterocycles. The molecule has 2 rings (SSSR count). The Morgan fingerprint density at radius 3 is 2.83 bits per heavy atom. The maximum Gasteiger partial charge on any atom is 0.173 e. The maximum absolute atomic E-state index is 5.70. The molecule has 2 N–H and O–H groups in total. The number of aryl methyl sites for hydroxylation is 2. The van der Waals surface area contributed by atoms with E-state index in [1.54, 1.807) is 12.4 Å². The third-order valence-electron chi connectivity index (χ3n) is 2.36. The molecule has 2 heterocycles. The molecule has 0 atom stereocenters. The third kappa shape index (κ3) is 2.79. The van der Waals surface area contributed by atoms with E-state index in [4.69, 9.17) is 10.2 Å². The third-order valence-corrected chi connectivity index (χ3v) is 2.36. The zero-order valence-electron chi connectivity index (χ0n) is 10.2. The second-order valence-corrected chi connectivity index (χ2v) is 3.71. The molecule has 0 unspecified atom stereocenters. The van der Waals surface area contributed by atoms with Crippen molar-refractivity contribution in [2.45, 2.75) is 13.8 Å². The van der Waals surface area contributed by atoms with Gasteiger partial charge in [-0.1, -0.05) is 0 Å². The predicted molar refractivity (Wildman–Crippen MR) is 68.5 cm³/mol. The van der Waals surface area contributed by atoms with Gasteiger partial charge in [-0.15, -0.1) is 5.10 Å². The Labute approximate surface area is 104 Å². The molecule has 92 valence electrons. The van der Waals surface area contributed by atoms with Crippen LogP contribution in [0, 0.1) is 13.8 Å². The summed E-state index contributed by atoms with van der Waals surface area (Å²) < 4.78 is 5.41. The fourth-order valence-corrected chi connectivity index (χ4v) is 1.30. The first kappa shape index (κ1) is 12.0. The lowest BCUT2D eigenvalue weighted by Crippen LogP contribution is -2.14. The van der Waals surface area contributed by atoms with Crippen molar-refractivity contribution in [1.82, 2.24) is 9.97 Å². The van der Waals surface area contributed by atoms with Gasteiger partial charge < -0.3 is 10.2 Å². The summed E-state index contributed by atoms with van der Waals surface area (Å²) in [5, 5.41) is 7.68. The molecule has 6 heteroatoms. The molecule has 0 saturated carbocycles. The summed E-state index contributed by atoms with van der Waals surface area (Å²) in [4.78, 5) is 7.90. The van der Waals surface area contributed by atoms with E-state index in [1.807, 2.05) is 19.9 Å². The van der Waals surface area contributed by atoms with Crippen molar-refractivity contribution in [3.05, 3.63) is 47.4 Å². The monoisotopic (exact) mass is 243 g/mol. The molecule has 0 spiro atoms. The van der Waals surface area contributed by atoms with Crippen LogP contribution >= 0.6 is 0 Å². The van der Waals surface area contributed by atoms with Crippen LogP contribution in [0.2, 0.25) is 0 Å². The van der Waals surface area contributed by atoms with Gasteiger partial charge in [0.25, 0.3) is 0 Å². The Morgan fingerprint density at radius 1 is 1.39 bits per heavy atom. The highest BCUT2D eigenvalue weighted by Gasteiger charge is 2.00. The van der Waals surface area contributed by atoms with Crippen molar-refractivity contribution < 1.29 is 4.42 Å². The van der Waals surface area contributed by atoms with Gasteiger partial charge in [0.15, 0.2) is 5.84 Å². The van der Waals surface area contributed by atoms with Crippen molar-refractivity contribution in [3.8, 4) is 0 Å². The molecule has 0 aliphatic rings. The Balaban J connectivity index is 2.11. The number of nitrogens with two attached hydrogens (primary N) is 1. The molecule has 0 fully saturated rings. The molecule has 0 amide bonds. The van der Waals surface area contributed by atoms with E-state index < -0.39 is 0 Å². The van der Waals surface area contributed by atoms with Crippen LogP contribution < -0.4 is 5.73 Å². The lowest BCUT2D eigenvalue weighted by atomic mass is 10.3. The first-order chi connectivity index (χ1) is 8.66. The SMILES string of the molecule is Cc1cc(/C=N/N=C(\N)c2cnccn2)oc1C. The Hall–Kier alpha value is -2.50. The quantitative estimate of drug-likeness (QED) is 0.501. The normalized spacial score (nSPS) is 12.2. The van der Waals surface area contributed by atoms with E-state index in [9.17, 15) is 0 Å². The van der Waals surface area contributed by atoms with E-state index in [1.165, 1.54) is 12.4 Å². The fraction of sp³-hybridized carbons (Fsp3) is 0.167. The van der Waals surface area contributed by atoms with E-state index in [-0.39, 0.29) is 5.84 Å². The van der Waals surface area contributed by atoms with Crippen LogP contribution in [0.15, 0.2) is 39.3 Å². The van der Waals surface area contributed by atoms with Crippen molar-refractivity contribution >= 4 is 12.1 Å². The topological polar surface area (TPSA) is 89.7 Å². The second-order valence-electron chi connectivity index (χ2n) is 3.71. The summed E-state index contributed by atoms with van der Waals surface area (Å²) in [5.41, 5.74) is 7.26. The Morgan fingerprint density at radius 2 is 2.22 bits per heavy atom. The van der Waals surface area contributed by atoms with Crippen LogP contribution in [-0.4, -0.2) is 22.0 Å². The van der Waals surface area contributed by atoms with Gasteiger partial charge in [0, 0.05) is 12.4 Å². The molecule has 0 radical (unpaired) electrons. The molecule has 0 aliphatic carbocycles. The summed E-state index contributed by atoms with van der Waals surface area (Å²) in [6.45, 7) is 3.86. The van der Waals surface area contributed by atoms with E-state index in [0.717, 1.165) is 11.3 Å². The maximum atomic E-state index is 5.70. The zero-order valence-corrected chi connectivity index (χ0v) is 10.2. The number of hydrogen-bond acceptors (Lipinski definition) is 5. The van der Waals surface area contributed by atoms with Crippen LogP contribution in [0.4, 0.5) is 0 Å². The summed E-state index contributed by atoms with van der Waals surface area (Å²) in [6.07, 6.45) is 6.13. The van der Waals surface area contributed by atoms with Crippen molar-refractivity contribution in [2.75, 3.05) is 0 Å². The van der Waals surface area contributed by atoms with Crippen molar-refractivity contribution in [1.29, 1.82) is 0 Å². The Kier molecular flexibility index (Phi) is 3.47. The van der Waals surface area contributed by atoms with Gasteiger partial charge in [0.05, 0.1) is 12.4 Å². The van der Waals surface area contributed by atoms with E-state index >= 15 is 0 Å². The number of aromatic nitrogens is 2. The summed E-state index contributed by atoms with van der Waals surface area (Å²) in [6, 6.07) is 1.88. The van der Waals surface area contributed by atoms with Gasteiger partial charge in [-0.2, -0.15) is 5.10 Å². The molecule has 0 aliphatic heterocycles. The molecule has 2 aromatic heterocycles. The minimum Gasteiger partial charge on any atom is -0.460 e. The smallest absolute Gasteiger partial charge is 0.173 e. The number of nitrogens with zero attached hydrogens (tertiary/aromatic N) is 4. The molecule has 6 nitrogen and oxygen atoms in total. The fourth-order valence-electron chi connectivity index (χ4n) is 1.30. The zero-order chi connectivity index (χ0) is 13.0. The second kappa shape index (κ2) is 5.22. The number of hydrogen-bond donors (Lipinski definition) is 1. The van der Waals surface area contributed by atoms with Crippen molar-refractivity contribution in [3.63, 3.8) is 0 Å². The van der Waals surface area contributed by atoms with Gasteiger partial charge >= 0.3 is 0 Å². The van der Waals surface area contributed by atoms with Crippen LogP contribution in [-0.2, 0) is 0 Å². The van der Waals surface area contributed by atoms with Gasteiger partial charge in [-0.05, 0) is 25.5 Å². The lowest BCUT2D eigenvalue weighted by molar-refractivity contribution is 0.525. The molecular formula is C12H13N5O. The van der Waals surface area contributed by atoms with Crippen LogP contribution in [0.3, 0.4) is 0 Å². The first-order valence-corrected chi connectivity index (χ1v) is 5.36. The highest BCUT2D eigenvalue weighted by atomic mass is 16.3. The lowest BCUT2D eigenvalue weighted by Gasteiger charge is -1.94. The van der Waals surface area contributed by atoms with Crippen molar-refractivity contribution in [2.24, 2.45) is 15.9 Å². The minimum absolute atomic E-state index is 0.208. The van der Waals surface area contributed by atoms with Gasteiger partial charge in [-0.3, -0.25) is 4.98 Å². The summed E-state index contributed by atoms with van der Waals surface area (Å²) in [7, 11) is 0. The van der Waals surface area contributed by atoms with Crippen LogP contribution in [0.1, 0.15) is 22.8 Å². The van der Waals surface area contributed by atoms with Gasteiger partial charge in [0.2, 0.25) is 0 Å². The number of furan rings is 1. The van der Waals surface area contributed by atoms with Gasteiger partial charge in [0.1, 0.15) is 17.2 Å².